The molecule has 0 N–H and O–H groups in total. The molecule has 21 heavy (non-hydrogen) atoms. The van der Waals surface area contributed by atoms with Crippen LogP contribution in [0.3, 0.4) is 0 Å². The van der Waals surface area contributed by atoms with Gasteiger partial charge in [0.1, 0.15) is 0 Å². The van der Waals surface area contributed by atoms with Crippen molar-refractivity contribution < 1.29 is 38.0 Å². The molecule has 1 heterocycles. The summed E-state index contributed by atoms with van der Waals surface area (Å²) in [6, 6.07) is 1.24. The molecule has 2 rings (SSSR count). The monoisotopic (exact) mass is 440 g/mol. The number of fused-ring (bicyclic) bond motifs is 1. The van der Waals surface area contributed by atoms with Gasteiger partial charge in [-0.3, -0.25) is 0 Å². The summed E-state index contributed by atoms with van der Waals surface area (Å²) in [5.41, 5.74) is -7.45. The maximum absolute atomic E-state index is 13.6. The molecule has 0 fully saturated rings. The average molecular weight is 440 g/mol. The van der Waals surface area contributed by atoms with Gasteiger partial charge in [0.25, 0.3) is 0 Å². The van der Waals surface area contributed by atoms with E-state index in [-0.39, 0.29) is 17.7 Å². The summed E-state index contributed by atoms with van der Waals surface area (Å²) in [4.78, 5) is 0. The van der Waals surface area contributed by atoms with Gasteiger partial charge in [-0.05, 0) is 0 Å². The van der Waals surface area contributed by atoms with Crippen molar-refractivity contribution in [1.29, 1.82) is 0 Å². The molecule has 0 spiro atoms. The Bertz CT molecular complexity index is 581. The summed E-state index contributed by atoms with van der Waals surface area (Å²) < 4.78 is 119. The molecular formula is C10H6F9IO. The van der Waals surface area contributed by atoms with Gasteiger partial charge in [0.2, 0.25) is 0 Å². The van der Waals surface area contributed by atoms with Crippen molar-refractivity contribution in [1.82, 2.24) is 0 Å². The summed E-state index contributed by atoms with van der Waals surface area (Å²) in [5.74, 6) is 0. The van der Waals surface area contributed by atoms with E-state index in [2.05, 4.69) is 3.07 Å². The van der Waals surface area contributed by atoms with E-state index in [1.807, 2.05) is 0 Å². The Kier molecular flexibility index (Phi) is 3.15. The molecule has 1 aromatic carbocycles. The number of hydrogen-bond donors (Lipinski definition) is 0. The number of hydrogen-bond acceptors (Lipinski definition) is 1. The SMILES string of the molecule is Cc1ccc2c(c1)C(C(F)(F)F)(C(F)(F)F)OI2(F)(F)F. The normalized spacial score (nSPS) is 25.0. The van der Waals surface area contributed by atoms with E-state index in [0.29, 0.717) is 0 Å². The van der Waals surface area contributed by atoms with Gasteiger partial charge >= 0.3 is 115 Å². The Labute approximate surface area is 115 Å². The fourth-order valence-corrected chi connectivity index (χ4v) is 6.21. The van der Waals surface area contributed by atoms with Crippen molar-refractivity contribution in [3.8, 4) is 0 Å². The quantitative estimate of drug-likeness (QED) is 0.374. The Morgan fingerprint density at radius 1 is 0.952 bits per heavy atom. The molecule has 0 unspecified atom stereocenters. The van der Waals surface area contributed by atoms with Gasteiger partial charge in [-0.1, -0.05) is 0 Å². The van der Waals surface area contributed by atoms with Gasteiger partial charge in [0, 0.05) is 0 Å². The summed E-state index contributed by atoms with van der Waals surface area (Å²) in [7, 11) is 0. The van der Waals surface area contributed by atoms with E-state index in [1.165, 1.54) is 0 Å². The first-order valence-corrected chi connectivity index (χ1v) is 9.50. The molecule has 1 aromatic rings. The third-order valence-corrected chi connectivity index (χ3v) is 6.97. The second-order valence-corrected chi connectivity index (χ2v) is 9.56. The standard InChI is InChI=1S/C10H6F9IO/c1-5-2-3-7-6(4-5)8(9(11,12)13,10(14,15)16)21-20(7,17,18)19/h2-4H,1H3. The second-order valence-electron chi connectivity index (χ2n) is 4.37. The Hall–Kier alpha value is -0.720. The predicted octanol–water partition coefficient (Wildman–Crippen LogP) is 5.66. The molecule has 1 nitrogen and oxygen atoms in total. The first-order valence-electron chi connectivity index (χ1n) is 5.10. The van der Waals surface area contributed by atoms with Crippen LogP contribution in [-0.4, -0.2) is 12.4 Å². The molecule has 0 aliphatic carbocycles. The van der Waals surface area contributed by atoms with Crippen LogP contribution in [0.1, 0.15) is 11.1 Å². The van der Waals surface area contributed by atoms with E-state index in [9.17, 15) is 34.9 Å². The van der Waals surface area contributed by atoms with Crippen molar-refractivity contribution in [3.05, 3.63) is 32.9 Å². The van der Waals surface area contributed by atoms with Crippen LogP contribution in [0.15, 0.2) is 18.2 Å². The molecule has 0 aromatic heterocycles. The fourth-order valence-electron chi connectivity index (χ4n) is 1.99. The van der Waals surface area contributed by atoms with Gasteiger partial charge in [-0.25, -0.2) is 0 Å². The predicted molar refractivity (Wildman–Crippen MR) is 62.1 cm³/mol. The summed E-state index contributed by atoms with van der Waals surface area (Å²) >= 11 is -8.95. The van der Waals surface area contributed by atoms with Crippen molar-refractivity contribution in [2.24, 2.45) is 0 Å². The van der Waals surface area contributed by atoms with E-state index in [1.54, 1.807) is 0 Å². The number of halogens is 10. The molecule has 0 amide bonds. The van der Waals surface area contributed by atoms with Gasteiger partial charge in [-0.2, -0.15) is 0 Å². The molecule has 1 aliphatic rings. The minimum absolute atomic E-state index is 0.168. The van der Waals surface area contributed by atoms with Crippen LogP contribution in [-0.2, 0) is 8.67 Å². The molecule has 0 bridgehead atoms. The zero-order valence-electron chi connectivity index (χ0n) is 9.92. The van der Waals surface area contributed by atoms with Crippen molar-refractivity contribution in [3.63, 3.8) is 0 Å². The van der Waals surface area contributed by atoms with E-state index < -0.39 is 46.3 Å². The van der Waals surface area contributed by atoms with Crippen LogP contribution in [0.4, 0.5) is 34.9 Å². The van der Waals surface area contributed by atoms with Crippen LogP contribution in [0.25, 0.3) is 0 Å². The van der Waals surface area contributed by atoms with Gasteiger partial charge < -0.3 is 0 Å². The van der Waals surface area contributed by atoms with Gasteiger partial charge in [0.05, 0.1) is 0 Å². The molecule has 0 atom stereocenters. The van der Waals surface area contributed by atoms with Crippen molar-refractivity contribution in [2.45, 2.75) is 24.9 Å². The van der Waals surface area contributed by atoms with Gasteiger partial charge in [-0.15, -0.1) is 0 Å². The third-order valence-electron chi connectivity index (χ3n) is 2.86. The average Bonchev–Trinajstić information content (AvgIpc) is 2.41. The van der Waals surface area contributed by atoms with Crippen LogP contribution in [0.2, 0.25) is 0 Å². The van der Waals surface area contributed by atoms with Crippen molar-refractivity contribution in [2.75, 3.05) is 0 Å². The van der Waals surface area contributed by atoms with Crippen molar-refractivity contribution >= 4 is 19.2 Å². The molecule has 0 saturated heterocycles. The van der Waals surface area contributed by atoms with Gasteiger partial charge in [0.15, 0.2) is 0 Å². The third kappa shape index (κ3) is 2.19. The summed E-state index contributed by atoms with van der Waals surface area (Å²) in [6.07, 6.45) is -12.6. The number of alkyl halides is 6. The Morgan fingerprint density at radius 2 is 1.43 bits per heavy atom. The number of aryl methyl sites for hydroxylation is 1. The van der Waals surface area contributed by atoms with E-state index in [4.69, 9.17) is 0 Å². The van der Waals surface area contributed by atoms with Crippen LogP contribution < -0.4 is 0 Å². The molecule has 11 heteroatoms. The molecule has 0 radical (unpaired) electrons. The zero-order valence-corrected chi connectivity index (χ0v) is 12.1. The van der Waals surface area contributed by atoms with E-state index in [0.717, 1.165) is 13.0 Å². The first-order chi connectivity index (χ1) is 9.10. The fraction of sp³-hybridized carbons (Fsp3) is 0.400. The molecule has 1 aliphatic heterocycles. The Balaban J connectivity index is 2.93. The number of rotatable bonds is 0. The second kappa shape index (κ2) is 3.97. The summed E-state index contributed by atoms with van der Waals surface area (Å²) in [6.45, 7) is 1.09. The van der Waals surface area contributed by atoms with Crippen LogP contribution in [0.5, 0.6) is 0 Å². The van der Waals surface area contributed by atoms with Crippen LogP contribution in [0, 0.1) is 10.5 Å². The first kappa shape index (κ1) is 16.6. The number of benzene rings is 1. The maximum atomic E-state index is 13.6. The minimum atomic E-state index is -8.95. The zero-order chi connectivity index (χ0) is 16.5. The van der Waals surface area contributed by atoms with Crippen LogP contribution >= 0.6 is 19.2 Å². The molecule has 0 saturated carbocycles. The molecular weight excluding hydrogens is 434 g/mol. The summed E-state index contributed by atoms with van der Waals surface area (Å²) in [5, 5.41) is 0. The molecule has 122 valence electrons. The topological polar surface area (TPSA) is 9.23 Å². The van der Waals surface area contributed by atoms with E-state index >= 15 is 0 Å². The Morgan fingerprint density at radius 3 is 1.86 bits per heavy atom.